The summed E-state index contributed by atoms with van der Waals surface area (Å²) in [5.41, 5.74) is 6.03. The normalized spacial score (nSPS) is 11.0. The molecule has 0 radical (unpaired) electrons. The predicted molar refractivity (Wildman–Crippen MR) is 142 cm³/mol. The van der Waals surface area contributed by atoms with Crippen molar-refractivity contribution in [2.24, 2.45) is 0 Å². The molecule has 0 amide bonds. The number of rotatable bonds is 6. The zero-order valence-corrected chi connectivity index (χ0v) is 21.3. The van der Waals surface area contributed by atoms with E-state index in [1.807, 2.05) is 51.1 Å². The fourth-order valence-corrected chi connectivity index (χ4v) is 4.68. The molecule has 5 aromatic rings. The second kappa shape index (κ2) is 9.88. The van der Waals surface area contributed by atoms with Gasteiger partial charge in [-0.05, 0) is 51.1 Å². The van der Waals surface area contributed by atoms with Gasteiger partial charge in [0.15, 0.2) is 0 Å². The summed E-state index contributed by atoms with van der Waals surface area (Å²) in [5, 5.41) is 10.6. The quantitative estimate of drug-likeness (QED) is 0.333. The number of aromatic amines is 1. The van der Waals surface area contributed by atoms with Crippen molar-refractivity contribution in [1.82, 2.24) is 24.5 Å². The van der Waals surface area contributed by atoms with E-state index in [1.54, 1.807) is 24.7 Å². The Hall–Kier alpha value is -4.48. The lowest BCUT2D eigenvalue weighted by atomic mass is 10.0. The van der Waals surface area contributed by atoms with Crippen molar-refractivity contribution in [3.8, 4) is 23.1 Å². The van der Waals surface area contributed by atoms with Crippen LogP contribution in [0.4, 0.5) is 0 Å². The Balaban J connectivity index is 1.53. The van der Waals surface area contributed by atoms with Crippen LogP contribution in [0.25, 0.3) is 22.2 Å². The Morgan fingerprint density at radius 1 is 1.11 bits per heavy atom. The number of fused-ring (bicyclic) bond motifs is 1. The molecule has 0 bridgehead atoms. The first kappa shape index (κ1) is 24.2. The number of para-hydroxylation sites is 1. The SMILES string of the molecule is Cc1cc(Cl)c(COc2cccc3c(-c4nc[nH]c4C)cc(C)nc23)c(Cn2cccc(C#N)c2=O)n1. The van der Waals surface area contributed by atoms with Crippen LogP contribution in [0.5, 0.6) is 5.75 Å². The number of pyridine rings is 3. The molecule has 37 heavy (non-hydrogen) atoms. The van der Waals surface area contributed by atoms with Gasteiger partial charge in [-0.3, -0.25) is 9.78 Å². The Labute approximate surface area is 218 Å². The van der Waals surface area contributed by atoms with E-state index in [0.29, 0.717) is 22.0 Å². The van der Waals surface area contributed by atoms with Gasteiger partial charge in [-0.1, -0.05) is 23.7 Å². The van der Waals surface area contributed by atoms with E-state index in [4.69, 9.17) is 21.3 Å². The lowest BCUT2D eigenvalue weighted by molar-refractivity contribution is 0.307. The molecule has 0 aliphatic heterocycles. The van der Waals surface area contributed by atoms with Crippen molar-refractivity contribution in [2.45, 2.75) is 33.9 Å². The number of nitrogens with one attached hydrogen (secondary N) is 1. The highest BCUT2D eigenvalue weighted by atomic mass is 35.5. The lowest BCUT2D eigenvalue weighted by Gasteiger charge is -2.16. The summed E-state index contributed by atoms with van der Waals surface area (Å²) in [4.78, 5) is 29.7. The summed E-state index contributed by atoms with van der Waals surface area (Å²) in [6, 6.07) is 14.7. The van der Waals surface area contributed by atoms with Crippen molar-refractivity contribution in [2.75, 3.05) is 0 Å². The number of aromatic nitrogens is 5. The largest absolute Gasteiger partial charge is 0.486 e. The lowest BCUT2D eigenvalue weighted by Crippen LogP contribution is -2.23. The van der Waals surface area contributed by atoms with Crippen molar-refractivity contribution in [1.29, 1.82) is 5.26 Å². The number of hydrogen-bond donors (Lipinski definition) is 1. The fraction of sp³-hybridized carbons (Fsp3) is 0.179. The summed E-state index contributed by atoms with van der Waals surface area (Å²) in [5.74, 6) is 0.599. The molecule has 1 N–H and O–H groups in total. The van der Waals surface area contributed by atoms with Gasteiger partial charge < -0.3 is 14.3 Å². The molecule has 4 heterocycles. The number of H-pyrrole nitrogens is 1. The van der Waals surface area contributed by atoms with E-state index in [-0.39, 0.29) is 24.3 Å². The number of benzene rings is 1. The van der Waals surface area contributed by atoms with Crippen LogP contribution in [-0.4, -0.2) is 24.5 Å². The first-order valence-corrected chi connectivity index (χ1v) is 12.0. The number of halogens is 1. The molecule has 5 rings (SSSR count). The van der Waals surface area contributed by atoms with Crippen molar-refractivity contribution >= 4 is 22.5 Å². The third-order valence-corrected chi connectivity index (χ3v) is 6.47. The minimum absolute atomic E-state index is 0.0687. The topological polar surface area (TPSA) is 109 Å². The van der Waals surface area contributed by atoms with Crippen LogP contribution in [0.15, 0.2) is 59.8 Å². The molecule has 0 aliphatic rings. The fourth-order valence-electron chi connectivity index (χ4n) is 4.35. The van der Waals surface area contributed by atoms with Crippen molar-refractivity contribution in [3.63, 3.8) is 0 Å². The maximum absolute atomic E-state index is 12.6. The zero-order chi connectivity index (χ0) is 26.1. The molecule has 1 aromatic carbocycles. The first-order valence-electron chi connectivity index (χ1n) is 11.6. The average molecular weight is 511 g/mol. The molecule has 9 heteroatoms. The van der Waals surface area contributed by atoms with Crippen molar-refractivity contribution in [3.05, 3.63) is 104 Å². The average Bonchev–Trinajstić information content (AvgIpc) is 3.30. The standard InChI is InChI=1S/C28H23ClN6O2/c1-16-10-21(26-18(3)31-15-32-26)20-7-4-8-25(27(20)34-16)37-14-22-23(29)11-17(2)33-24(22)13-35-9-5-6-19(12-30)28(35)36/h4-11,15H,13-14H2,1-3H3,(H,31,32). The number of nitriles is 1. The van der Waals surface area contributed by atoms with Crippen LogP contribution in [0.1, 0.15) is 33.9 Å². The first-order chi connectivity index (χ1) is 17.9. The number of hydrogen-bond acceptors (Lipinski definition) is 6. The van der Waals surface area contributed by atoms with E-state index in [0.717, 1.165) is 39.2 Å². The van der Waals surface area contributed by atoms with E-state index < -0.39 is 0 Å². The van der Waals surface area contributed by atoms with Gasteiger partial charge in [-0.2, -0.15) is 5.26 Å². The second-order valence-electron chi connectivity index (χ2n) is 8.77. The molecule has 4 aromatic heterocycles. The van der Waals surface area contributed by atoms with Gasteiger partial charge in [-0.15, -0.1) is 0 Å². The third-order valence-electron chi connectivity index (χ3n) is 6.13. The molecule has 0 saturated heterocycles. The summed E-state index contributed by atoms with van der Waals surface area (Å²) < 4.78 is 7.73. The van der Waals surface area contributed by atoms with Crippen LogP contribution in [0.3, 0.4) is 0 Å². The van der Waals surface area contributed by atoms with Gasteiger partial charge in [-0.25, -0.2) is 9.97 Å². The Bertz CT molecular complexity index is 1750. The van der Waals surface area contributed by atoms with Gasteiger partial charge in [0, 0.05) is 39.8 Å². The smallest absolute Gasteiger partial charge is 0.268 e. The predicted octanol–water partition coefficient (Wildman–Crippen LogP) is 5.26. The zero-order valence-electron chi connectivity index (χ0n) is 20.5. The number of nitrogens with zero attached hydrogens (tertiary/aromatic N) is 5. The highest BCUT2D eigenvalue weighted by molar-refractivity contribution is 6.31. The van der Waals surface area contributed by atoms with Crippen LogP contribution < -0.4 is 10.3 Å². The maximum atomic E-state index is 12.6. The minimum atomic E-state index is -0.383. The molecule has 8 nitrogen and oxygen atoms in total. The molecule has 0 unspecified atom stereocenters. The molecular formula is C28H23ClN6O2. The van der Waals surface area contributed by atoms with E-state index in [1.165, 1.54) is 10.6 Å². The summed E-state index contributed by atoms with van der Waals surface area (Å²) in [6.07, 6.45) is 3.31. The van der Waals surface area contributed by atoms with Gasteiger partial charge in [0.1, 0.15) is 29.5 Å². The third kappa shape index (κ3) is 4.69. The van der Waals surface area contributed by atoms with Crippen LogP contribution >= 0.6 is 11.6 Å². The monoisotopic (exact) mass is 510 g/mol. The summed E-state index contributed by atoms with van der Waals surface area (Å²) in [7, 11) is 0. The molecule has 0 aliphatic carbocycles. The molecule has 184 valence electrons. The number of aryl methyl sites for hydroxylation is 3. The van der Waals surface area contributed by atoms with E-state index in [9.17, 15) is 10.1 Å². The Morgan fingerprint density at radius 3 is 2.68 bits per heavy atom. The number of imidazole rings is 1. The van der Waals surface area contributed by atoms with Crippen molar-refractivity contribution < 1.29 is 4.74 Å². The molecule has 0 spiro atoms. The summed E-state index contributed by atoms with van der Waals surface area (Å²) in [6.45, 7) is 6.04. The van der Waals surface area contributed by atoms with Crippen LogP contribution in [-0.2, 0) is 13.2 Å². The number of ether oxygens (including phenoxy) is 1. The molecule has 0 atom stereocenters. The second-order valence-corrected chi connectivity index (χ2v) is 9.17. The van der Waals surface area contributed by atoms with E-state index in [2.05, 4.69) is 15.0 Å². The molecule has 0 fully saturated rings. The summed E-state index contributed by atoms with van der Waals surface area (Å²) >= 11 is 6.63. The molecular weight excluding hydrogens is 488 g/mol. The van der Waals surface area contributed by atoms with Crippen LogP contribution in [0, 0.1) is 32.1 Å². The minimum Gasteiger partial charge on any atom is -0.486 e. The van der Waals surface area contributed by atoms with Gasteiger partial charge >= 0.3 is 0 Å². The van der Waals surface area contributed by atoms with Gasteiger partial charge in [0.05, 0.1) is 29.3 Å². The highest BCUT2D eigenvalue weighted by Gasteiger charge is 2.17. The highest BCUT2D eigenvalue weighted by Crippen LogP contribution is 2.34. The van der Waals surface area contributed by atoms with Gasteiger partial charge in [0.2, 0.25) is 0 Å². The Kier molecular flexibility index (Phi) is 6.47. The maximum Gasteiger partial charge on any atom is 0.268 e. The molecule has 0 saturated carbocycles. The van der Waals surface area contributed by atoms with E-state index >= 15 is 0 Å². The van der Waals surface area contributed by atoms with Crippen LogP contribution in [0.2, 0.25) is 5.02 Å². The van der Waals surface area contributed by atoms with Gasteiger partial charge in [0.25, 0.3) is 5.56 Å². The Morgan fingerprint density at radius 2 is 1.92 bits per heavy atom.